The van der Waals surface area contributed by atoms with Gasteiger partial charge in [0.1, 0.15) is 11.6 Å². The molecule has 0 radical (unpaired) electrons. The third-order valence-electron chi connectivity index (χ3n) is 2.59. The predicted molar refractivity (Wildman–Crippen MR) is 59.7 cm³/mol. The van der Waals surface area contributed by atoms with Crippen molar-refractivity contribution in [2.75, 3.05) is 18.0 Å². The summed E-state index contributed by atoms with van der Waals surface area (Å²) in [7, 11) is 0. The van der Waals surface area contributed by atoms with E-state index >= 15 is 0 Å². The second-order valence-electron chi connectivity index (χ2n) is 4.79. The van der Waals surface area contributed by atoms with E-state index in [1.807, 2.05) is 0 Å². The van der Waals surface area contributed by atoms with E-state index in [-0.39, 0.29) is 5.82 Å². The number of pyridine rings is 1. The highest BCUT2D eigenvalue weighted by Gasteiger charge is 2.35. The second-order valence-corrected chi connectivity index (χ2v) is 5.06. The first kappa shape index (κ1) is 10.7. The van der Waals surface area contributed by atoms with E-state index in [9.17, 15) is 4.39 Å². The zero-order chi connectivity index (χ0) is 11.1. The largest absolute Gasteiger partial charge is 0.355 e. The van der Waals surface area contributed by atoms with Crippen molar-refractivity contribution in [2.24, 2.45) is 5.41 Å². The molecule has 1 aromatic heterocycles. The third-order valence-corrected chi connectivity index (χ3v) is 2.88. The molecular weight excluding hydrogens is 215 g/mol. The molecule has 0 spiro atoms. The summed E-state index contributed by atoms with van der Waals surface area (Å²) in [6.45, 7) is 6.31. The molecule has 2 heterocycles. The standard InChI is InChI=1S/C11H14ClFN2/c1-11(2)6-15(7-11)10-8(4-12)3-9(13)5-14-10/h3,5H,4,6-7H2,1-2H3. The van der Waals surface area contributed by atoms with E-state index in [2.05, 4.69) is 23.7 Å². The van der Waals surface area contributed by atoms with Crippen LogP contribution >= 0.6 is 11.6 Å². The first-order valence-electron chi connectivity index (χ1n) is 4.97. The number of alkyl halides is 1. The highest BCUT2D eigenvalue weighted by molar-refractivity contribution is 6.17. The Kier molecular flexibility index (Phi) is 2.59. The second kappa shape index (κ2) is 3.63. The van der Waals surface area contributed by atoms with E-state index in [1.165, 1.54) is 12.3 Å². The summed E-state index contributed by atoms with van der Waals surface area (Å²) >= 11 is 5.77. The fourth-order valence-electron chi connectivity index (χ4n) is 1.99. The Morgan fingerprint density at radius 3 is 2.73 bits per heavy atom. The zero-order valence-electron chi connectivity index (χ0n) is 8.93. The van der Waals surface area contributed by atoms with Crippen LogP contribution in [0.25, 0.3) is 0 Å². The van der Waals surface area contributed by atoms with Gasteiger partial charge in [-0.05, 0) is 11.5 Å². The first-order valence-corrected chi connectivity index (χ1v) is 5.51. The zero-order valence-corrected chi connectivity index (χ0v) is 9.68. The fourth-order valence-corrected chi connectivity index (χ4v) is 2.19. The molecule has 1 aromatic rings. The van der Waals surface area contributed by atoms with E-state index in [4.69, 9.17) is 11.6 Å². The average Bonchev–Trinajstić information content (AvgIpc) is 2.14. The van der Waals surface area contributed by atoms with Crippen molar-refractivity contribution in [3.05, 3.63) is 23.6 Å². The molecule has 1 fully saturated rings. The number of hydrogen-bond acceptors (Lipinski definition) is 2. The highest BCUT2D eigenvalue weighted by Crippen LogP contribution is 2.34. The topological polar surface area (TPSA) is 16.1 Å². The van der Waals surface area contributed by atoms with E-state index in [0.29, 0.717) is 11.3 Å². The van der Waals surface area contributed by atoms with Gasteiger partial charge in [-0.3, -0.25) is 0 Å². The minimum absolute atomic E-state index is 0.303. The molecule has 82 valence electrons. The van der Waals surface area contributed by atoms with Gasteiger partial charge in [0.25, 0.3) is 0 Å². The van der Waals surface area contributed by atoms with Gasteiger partial charge in [-0.2, -0.15) is 0 Å². The first-order chi connectivity index (χ1) is 7.02. The van der Waals surface area contributed by atoms with Crippen molar-refractivity contribution in [2.45, 2.75) is 19.7 Å². The Morgan fingerprint density at radius 1 is 1.53 bits per heavy atom. The molecule has 1 saturated heterocycles. The molecule has 1 aliphatic rings. The molecule has 0 N–H and O–H groups in total. The average molecular weight is 229 g/mol. The summed E-state index contributed by atoms with van der Waals surface area (Å²) < 4.78 is 12.9. The normalized spacial score (nSPS) is 18.8. The summed E-state index contributed by atoms with van der Waals surface area (Å²) in [5.74, 6) is 0.803. The Bertz CT molecular complexity index is 371. The van der Waals surface area contributed by atoms with Gasteiger partial charge in [-0.15, -0.1) is 11.6 Å². The predicted octanol–water partition coefficient (Wildman–Crippen LogP) is 2.81. The lowest BCUT2D eigenvalue weighted by Crippen LogP contribution is -2.53. The van der Waals surface area contributed by atoms with Crippen molar-refractivity contribution >= 4 is 17.4 Å². The number of aromatic nitrogens is 1. The van der Waals surface area contributed by atoms with Crippen LogP contribution in [0.3, 0.4) is 0 Å². The van der Waals surface area contributed by atoms with Gasteiger partial charge >= 0.3 is 0 Å². The monoisotopic (exact) mass is 228 g/mol. The van der Waals surface area contributed by atoms with E-state index in [1.54, 1.807) is 0 Å². The summed E-state index contributed by atoms with van der Waals surface area (Å²) in [5, 5.41) is 0. The molecule has 0 aliphatic carbocycles. The van der Waals surface area contributed by atoms with Gasteiger partial charge in [0.2, 0.25) is 0 Å². The van der Waals surface area contributed by atoms with Crippen LogP contribution in [0.1, 0.15) is 19.4 Å². The Hall–Kier alpha value is -0.830. The molecule has 0 unspecified atom stereocenters. The maximum Gasteiger partial charge on any atom is 0.141 e. The maximum absolute atomic E-state index is 12.9. The molecule has 0 aromatic carbocycles. The molecule has 1 aliphatic heterocycles. The lowest BCUT2D eigenvalue weighted by molar-refractivity contribution is 0.274. The number of nitrogens with zero attached hydrogens (tertiary/aromatic N) is 2. The van der Waals surface area contributed by atoms with Gasteiger partial charge < -0.3 is 4.90 Å². The summed E-state index contributed by atoms with van der Waals surface area (Å²) in [4.78, 5) is 6.24. The van der Waals surface area contributed by atoms with Crippen molar-refractivity contribution in [3.63, 3.8) is 0 Å². The molecule has 0 amide bonds. The number of halogens is 2. The molecule has 15 heavy (non-hydrogen) atoms. The summed E-state index contributed by atoms with van der Waals surface area (Å²) in [6, 6.07) is 1.46. The van der Waals surface area contributed by atoms with Crippen LogP contribution in [0.2, 0.25) is 0 Å². The number of anilines is 1. The highest BCUT2D eigenvalue weighted by atomic mass is 35.5. The van der Waals surface area contributed by atoms with E-state index < -0.39 is 0 Å². The van der Waals surface area contributed by atoms with Crippen LogP contribution in [0.4, 0.5) is 10.2 Å². The Balaban J connectivity index is 2.22. The molecule has 0 atom stereocenters. The SMILES string of the molecule is CC1(C)CN(c2ncc(F)cc2CCl)C1. The maximum atomic E-state index is 12.9. The Labute approximate surface area is 94.1 Å². The lowest BCUT2D eigenvalue weighted by Gasteiger charge is -2.47. The quantitative estimate of drug-likeness (QED) is 0.724. The molecule has 2 nitrogen and oxygen atoms in total. The third kappa shape index (κ3) is 2.07. The van der Waals surface area contributed by atoms with Crippen LogP contribution in [-0.2, 0) is 5.88 Å². The van der Waals surface area contributed by atoms with Gasteiger partial charge in [0.05, 0.1) is 12.1 Å². The van der Waals surface area contributed by atoms with E-state index in [0.717, 1.165) is 24.5 Å². The van der Waals surface area contributed by atoms with Crippen molar-refractivity contribution in [3.8, 4) is 0 Å². The summed E-state index contributed by atoms with van der Waals surface area (Å²) in [6.07, 6.45) is 1.25. The minimum atomic E-state index is -0.325. The summed E-state index contributed by atoms with van der Waals surface area (Å²) in [5.41, 5.74) is 1.10. The fraction of sp³-hybridized carbons (Fsp3) is 0.545. The van der Waals surface area contributed by atoms with Crippen LogP contribution in [0.15, 0.2) is 12.3 Å². The van der Waals surface area contributed by atoms with Crippen LogP contribution in [0, 0.1) is 11.2 Å². The molecule has 0 saturated carbocycles. The number of rotatable bonds is 2. The van der Waals surface area contributed by atoms with Crippen molar-refractivity contribution in [1.82, 2.24) is 4.98 Å². The molecular formula is C11H14ClFN2. The lowest BCUT2D eigenvalue weighted by atomic mass is 9.84. The van der Waals surface area contributed by atoms with Crippen molar-refractivity contribution < 1.29 is 4.39 Å². The van der Waals surface area contributed by atoms with Crippen LogP contribution in [0.5, 0.6) is 0 Å². The molecule has 2 rings (SSSR count). The van der Waals surface area contributed by atoms with Gasteiger partial charge in [-0.1, -0.05) is 13.8 Å². The van der Waals surface area contributed by atoms with Crippen molar-refractivity contribution in [1.29, 1.82) is 0 Å². The van der Waals surface area contributed by atoms with Gasteiger partial charge in [0.15, 0.2) is 0 Å². The van der Waals surface area contributed by atoms with Gasteiger partial charge in [0, 0.05) is 18.7 Å². The van der Waals surface area contributed by atoms with Crippen LogP contribution in [-0.4, -0.2) is 18.1 Å². The molecule has 0 bridgehead atoms. The molecule has 4 heteroatoms. The minimum Gasteiger partial charge on any atom is -0.355 e. The Morgan fingerprint density at radius 2 is 2.20 bits per heavy atom. The smallest absolute Gasteiger partial charge is 0.141 e. The van der Waals surface area contributed by atoms with Crippen LogP contribution < -0.4 is 4.90 Å². The van der Waals surface area contributed by atoms with Gasteiger partial charge in [-0.25, -0.2) is 9.37 Å². The number of hydrogen-bond donors (Lipinski definition) is 0.